The summed E-state index contributed by atoms with van der Waals surface area (Å²) in [6.45, 7) is 1.45. The van der Waals surface area contributed by atoms with E-state index in [2.05, 4.69) is 10.3 Å². The van der Waals surface area contributed by atoms with Gasteiger partial charge in [0.2, 0.25) is 0 Å². The third-order valence-electron chi connectivity index (χ3n) is 2.88. The highest BCUT2D eigenvalue weighted by atomic mass is 35.5. The lowest BCUT2D eigenvalue weighted by molar-refractivity contribution is 0.0952. The van der Waals surface area contributed by atoms with Gasteiger partial charge in [0.25, 0.3) is 5.91 Å². The molecule has 0 saturated carbocycles. The van der Waals surface area contributed by atoms with Crippen LogP contribution in [0.3, 0.4) is 0 Å². The molecule has 0 atom stereocenters. The van der Waals surface area contributed by atoms with Crippen LogP contribution in [-0.4, -0.2) is 27.1 Å². The number of imidazole rings is 1. The van der Waals surface area contributed by atoms with Crippen LogP contribution in [0.2, 0.25) is 5.02 Å². The molecule has 20 heavy (non-hydrogen) atoms. The van der Waals surface area contributed by atoms with Gasteiger partial charge in [0.05, 0.1) is 16.9 Å². The highest BCUT2D eigenvalue weighted by molar-refractivity contribution is 6.33. The molecule has 106 valence electrons. The normalized spacial score (nSPS) is 10.4. The number of nitrogens with one attached hydrogen (secondary N) is 1. The Morgan fingerprint density at radius 3 is 3.00 bits per heavy atom. The maximum absolute atomic E-state index is 11.9. The van der Waals surface area contributed by atoms with E-state index in [0.29, 0.717) is 17.1 Å². The quantitative estimate of drug-likeness (QED) is 0.804. The molecule has 5 nitrogen and oxygen atoms in total. The van der Waals surface area contributed by atoms with Crippen LogP contribution in [0.4, 0.5) is 0 Å². The minimum atomic E-state index is -0.270. The van der Waals surface area contributed by atoms with Crippen molar-refractivity contribution in [3.8, 4) is 5.75 Å². The zero-order valence-electron chi connectivity index (χ0n) is 10.9. The highest BCUT2D eigenvalue weighted by Gasteiger charge is 2.10. The van der Waals surface area contributed by atoms with E-state index in [0.717, 1.165) is 19.4 Å². The van der Waals surface area contributed by atoms with Crippen molar-refractivity contribution in [1.29, 1.82) is 0 Å². The summed E-state index contributed by atoms with van der Waals surface area (Å²) in [5, 5.41) is 12.5. The molecule has 1 aromatic heterocycles. The summed E-state index contributed by atoms with van der Waals surface area (Å²) in [7, 11) is 0. The predicted octanol–water partition coefficient (Wildman–Crippen LogP) is 2.45. The largest absolute Gasteiger partial charge is 0.508 e. The summed E-state index contributed by atoms with van der Waals surface area (Å²) >= 11 is 5.92. The Labute approximate surface area is 122 Å². The lowest BCUT2D eigenvalue weighted by atomic mass is 10.2. The molecule has 0 bridgehead atoms. The summed E-state index contributed by atoms with van der Waals surface area (Å²) < 4.78 is 1.99. The first kappa shape index (κ1) is 14.4. The van der Waals surface area contributed by atoms with Crippen LogP contribution < -0.4 is 5.32 Å². The molecule has 0 radical (unpaired) electrons. The predicted molar refractivity (Wildman–Crippen MR) is 76.9 cm³/mol. The molecular formula is C14H16ClN3O2. The van der Waals surface area contributed by atoms with Crippen molar-refractivity contribution >= 4 is 17.5 Å². The minimum absolute atomic E-state index is 0.0275. The average molecular weight is 294 g/mol. The number of aromatic nitrogens is 2. The molecule has 2 aromatic rings. The molecule has 1 heterocycles. The van der Waals surface area contributed by atoms with Gasteiger partial charge in [-0.3, -0.25) is 4.79 Å². The fourth-order valence-corrected chi connectivity index (χ4v) is 2.03. The minimum Gasteiger partial charge on any atom is -0.508 e. The average Bonchev–Trinajstić information content (AvgIpc) is 2.94. The van der Waals surface area contributed by atoms with Crippen molar-refractivity contribution in [1.82, 2.24) is 14.9 Å². The van der Waals surface area contributed by atoms with Gasteiger partial charge < -0.3 is 15.0 Å². The number of rotatable bonds is 6. The number of benzene rings is 1. The molecule has 0 aliphatic heterocycles. The maximum atomic E-state index is 11.9. The number of aryl methyl sites for hydroxylation is 1. The number of hydrogen-bond donors (Lipinski definition) is 2. The Bertz CT molecular complexity index is 570. The number of phenols is 1. The molecule has 2 rings (SSSR count). The molecule has 2 N–H and O–H groups in total. The van der Waals surface area contributed by atoms with E-state index in [4.69, 9.17) is 11.6 Å². The lowest BCUT2D eigenvalue weighted by Crippen LogP contribution is -2.24. The molecule has 0 aliphatic rings. The van der Waals surface area contributed by atoms with Gasteiger partial charge in [-0.15, -0.1) is 0 Å². The van der Waals surface area contributed by atoms with E-state index in [1.807, 2.05) is 10.8 Å². The molecule has 0 unspecified atom stereocenters. The molecule has 6 heteroatoms. The zero-order valence-corrected chi connectivity index (χ0v) is 11.7. The standard InChI is InChI=1S/C14H16ClN3O2/c15-13-4-3-11(19)9-12(13)14(20)17-5-1-2-7-18-8-6-16-10-18/h3-4,6,8-10,19H,1-2,5,7H2,(H,17,20). The van der Waals surface area contributed by atoms with Crippen molar-refractivity contribution in [2.45, 2.75) is 19.4 Å². The fraction of sp³-hybridized carbons (Fsp3) is 0.286. The SMILES string of the molecule is O=C(NCCCCn1ccnc1)c1cc(O)ccc1Cl. The number of carbonyl (C=O) groups excluding carboxylic acids is 1. The Balaban J connectivity index is 1.73. The van der Waals surface area contributed by atoms with Gasteiger partial charge in [-0.1, -0.05) is 11.6 Å². The van der Waals surface area contributed by atoms with Gasteiger partial charge in [-0.05, 0) is 31.0 Å². The third kappa shape index (κ3) is 3.99. The van der Waals surface area contributed by atoms with Gasteiger partial charge >= 0.3 is 0 Å². The van der Waals surface area contributed by atoms with Crippen LogP contribution in [-0.2, 0) is 6.54 Å². The third-order valence-corrected chi connectivity index (χ3v) is 3.21. The first-order valence-corrected chi connectivity index (χ1v) is 6.77. The molecule has 0 saturated heterocycles. The number of amides is 1. The first-order chi connectivity index (χ1) is 9.66. The smallest absolute Gasteiger partial charge is 0.252 e. The number of halogens is 1. The van der Waals surface area contributed by atoms with E-state index >= 15 is 0 Å². The highest BCUT2D eigenvalue weighted by Crippen LogP contribution is 2.20. The molecular weight excluding hydrogens is 278 g/mol. The summed E-state index contributed by atoms with van der Waals surface area (Å²) in [6.07, 6.45) is 7.23. The van der Waals surface area contributed by atoms with Crippen LogP contribution in [0.1, 0.15) is 23.2 Å². The summed E-state index contributed by atoms with van der Waals surface area (Å²) in [6, 6.07) is 4.32. The Hall–Kier alpha value is -2.01. The Morgan fingerprint density at radius 2 is 2.25 bits per heavy atom. The number of nitrogens with zero attached hydrogens (tertiary/aromatic N) is 2. The van der Waals surface area contributed by atoms with Gasteiger partial charge in [-0.2, -0.15) is 0 Å². The Morgan fingerprint density at radius 1 is 1.40 bits per heavy atom. The second-order valence-corrected chi connectivity index (χ2v) is 4.83. The summed E-state index contributed by atoms with van der Waals surface area (Å²) in [5.41, 5.74) is 0.293. The van der Waals surface area contributed by atoms with Crippen LogP contribution in [0.15, 0.2) is 36.9 Å². The monoisotopic (exact) mass is 293 g/mol. The zero-order chi connectivity index (χ0) is 14.4. The van der Waals surface area contributed by atoms with E-state index in [1.54, 1.807) is 12.5 Å². The maximum Gasteiger partial charge on any atom is 0.252 e. The van der Waals surface area contributed by atoms with Crippen molar-refractivity contribution in [3.05, 3.63) is 47.5 Å². The molecule has 0 spiro atoms. The van der Waals surface area contributed by atoms with E-state index < -0.39 is 0 Å². The van der Waals surface area contributed by atoms with Crippen molar-refractivity contribution < 1.29 is 9.90 Å². The molecule has 0 aliphatic carbocycles. The van der Waals surface area contributed by atoms with Gasteiger partial charge in [-0.25, -0.2) is 4.98 Å². The fourth-order valence-electron chi connectivity index (χ4n) is 1.82. The van der Waals surface area contributed by atoms with Crippen LogP contribution in [0, 0.1) is 0 Å². The van der Waals surface area contributed by atoms with Crippen molar-refractivity contribution in [2.75, 3.05) is 6.54 Å². The van der Waals surface area contributed by atoms with Crippen LogP contribution in [0.25, 0.3) is 0 Å². The number of carbonyl (C=O) groups is 1. The molecule has 1 amide bonds. The van der Waals surface area contributed by atoms with Crippen molar-refractivity contribution in [2.24, 2.45) is 0 Å². The number of aromatic hydroxyl groups is 1. The first-order valence-electron chi connectivity index (χ1n) is 6.39. The Kier molecular flexibility index (Phi) is 5.01. The summed E-state index contributed by atoms with van der Waals surface area (Å²) in [4.78, 5) is 15.8. The topological polar surface area (TPSA) is 67.2 Å². The number of unbranched alkanes of at least 4 members (excludes halogenated alkanes) is 1. The lowest BCUT2D eigenvalue weighted by Gasteiger charge is -2.07. The van der Waals surface area contributed by atoms with Crippen LogP contribution in [0.5, 0.6) is 5.75 Å². The second-order valence-electron chi connectivity index (χ2n) is 4.43. The van der Waals surface area contributed by atoms with E-state index in [9.17, 15) is 9.90 Å². The van der Waals surface area contributed by atoms with Gasteiger partial charge in [0, 0.05) is 25.5 Å². The van der Waals surface area contributed by atoms with Crippen LogP contribution >= 0.6 is 11.6 Å². The van der Waals surface area contributed by atoms with Gasteiger partial charge in [0.1, 0.15) is 5.75 Å². The second kappa shape index (κ2) is 6.96. The number of hydrogen-bond acceptors (Lipinski definition) is 3. The van der Waals surface area contributed by atoms with E-state index in [-0.39, 0.29) is 11.7 Å². The van der Waals surface area contributed by atoms with Crippen molar-refractivity contribution in [3.63, 3.8) is 0 Å². The van der Waals surface area contributed by atoms with Gasteiger partial charge in [0.15, 0.2) is 0 Å². The molecule has 0 fully saturated rings. The van der Waals surface area contributed by atoms with E-state index in [1.165, 1.54) is 18.2 Å². The molecule has 1 aromatic carbocycles. The number of phenolic OH excluding ortho intramolecular Hbond substituents is 1. The summed E-state index contributed by atoms with van der Waals surface area (Å²) in [5.74, 6) is -0.242.